The van der Waals surface area contributed by atoms with Gasteiger partial charge in [-0.15, -0.1) is 0 Å². The van der Waals surface area contributed by atoms with Crippen LogP contribution in [0.15, 0.2) is 0 Å². The van der Waals surface area contributed by atoms with E-state index in [-0.39, 0.29) is 25.1 Å². The normalized spacial score (nSPS) is 14.5. The minimum absolute atomic E-state index is 0.0278. The fraction of sp³-hybridized carbons (Fsp3) is 1.00. The van der Waals surface area contributed by atoms with Gasteiger partial charge in [-0.05, 0) is 20.3 Å². The van der Waals surface area contributed by atoms with Crippen molar-refractivity contribution in [3.05, 3.63) is 0 Å². The zero-order valence-electron chi connectivity index (χ0n) is 9.56. The van der Waals surface area contributed by atoms with Gasteiger partial charge in [-0.2, -0.15) is 0 Å². The molecule has 5 nitrogen and oxygen atoms in total. The van der Waals surface area contributed by atoms with Crippen molar-refractivity contribution in [2.24, 2.45) is 0 Å². The third kappa shape index (κ3) is 7.72. The fourth-order valence-corrected chi connectivity index (χ4v) is 2.14. The maximum absolute atomic E-state index is 11.4. The Labute approximate surface area is 91.9 Å². The molecule has 0 saturated heterocycles. The summed E-state index contributed by atoms with van der Waals surface area (Å²) in [6.45, 7) is 5.51. The van der Waals surface area contributed by atoms with Crippen molar-refractivity contribution in [1.29, 1.82) is 0 Å². The molecule has 0 bridgehead atoms. The molecular formula is C9H21NO4S. The van der Waals surface area contributed by atoms with E-state index >= 15 is 0 Å². The van der Waals surface area contributed by atoms with E-state index in [1.807, 2.05) is 20.8 Å². The quantitative estimate of drug-likeness (QED) is 0.630. The second-order valence-electron chi connectivity index (χ2n) is 3.64. The van der Waals surface area contributed by atoms with Crippen molar-refractivity contribution >= 4 is 10.0 Å². The van der Waals surface area contributed by atoms with Crippen LogP contribution in [0.1, 0.15) is 27.2 Å². The smallest absolute Gasteiger partial charge is 0.214 e. The molecule has 0 saturated carbocycles. The molecule has 6 heteroatoms. The predicted molar refractivity (Wildman–Crippen MR) is 59.2 cm³/mol. The van der Waals surface area contributed by atoms with Crippen LogP contribution in [0.25, 0.3) is 0 Å². The zero-order chi connectivity index (χ0) is 11.9. The predicted octanol–water partition coefficient (Wildman–Crippen LogP) is 0.102. The van der Waals surface area contributed by atoms with Crippen LogP contribution in [0, 0.1) is 0 Å². The monoisotopic (exact) mass is 239 g/mol. The first-order valence-corrected chi connectivity index (χ1v) is 6.79. The first-order valence-electron chi connectivity index (χ1n) is 5.13. The summed E-state index contributed by atoms with van der Waals surface area (Å²) < 4.78 is 30.4. The highest BCUT2D eigenvalue weighted by molar-refractivity contribution is 7.89. The number of hydrogen-bond acceptors (Lipinski definition) is 4. The maximum Gasteiger partial charge on any atom is 0.214 e. The van der Waals surface area contributed by atoms with Crippen molar-refractivity contribution in [2.45, 2.75) is 39.3 Å². The van der Waals surface area contributed by atoms with Crippen LogP contribution in [0.4, 0.5) is 0 Å². The maximum atomic E-state index is 11.4. The minimum Gasteiger partial charge on any atom is -0.395 e. The lowest BCUT2D eigenvalue weighted by atomic mass is 10.3. The van der Waals surface area contributed by atoms with Gasteiger partial charge >= 0.3 is 0 Å². The van der Waals surface area contributed by atoms with Crippen molar-refractivity contribution in [3.8, 4) is 0 Å². The Morgan fingerprint density at radius 3 is 2.40 bits per heavy atom. The standard InChI is InChI=1S/C9H21NO4S/c1-4-9(7-11)10-15(12,13)6-5-14-8(2)3/h8-11H,4-7H2,1-3H3/t9-/m0/s1. The Morgan fingerprint density at radius 1 is 1.40 bits per heavy atom. The van der Waals surface area contributed by atoms with Crippen molar-refractivity contribution in [3.63, 3.8) is 0 Å². The average Bonchev–Trinajstić information content (AvgIpc) is 2.13. The van der Waals surface area contributed by atoms with E-state index in [1.54, 1.807) is 0 Å². The van der Waals surface area contributed by atoms with Gasteiger partial charge in [0, 0.05) is 6.04 Å². The molecule has 0 rings (SSSR count). The molecule has 0 aliphatic carbocycles. The molecule has 0 fully saturated rings. The minimum atomic E-state index is -3.34. The van der Waals surface area contributed by atoms with E-state index in [9.17, 15) is 8.42 Å². The number of hydrogen-bond donors (Lipinski definition) is 2. The van der Waals surface area contributed by atoms with Crippen LogP contribution in [0.3, 0.4) is 0 Å². The summed E-state index contributed by atoms with van der Waals surface area (Å²) >= 11 is 0. The second kappa shape index (κ2) is 7.16. The Morgan fingerprint density at radius 2 is 2.00 bits per heavy atom. The van der Waals surface area contributed by atoms with Gasteiger partial charge in [0.05, 0.1) is 25.1 Å². The van der Waals surface area contributed by atoms with Crippen LogP contribution < -0.4 is 4.72 Å². The third-order valence-electron chi connectivity index (χ3n) is 1.86. The second-order valence-corrected chi connectivity index (χ2v) is 5.52. The average molecular weight is 239 g/mol. The molecule has 0 spiro atoms. The number of rotatable bonds is 8. The number of aliphatic hydroxyl groups excluding tert-OH is 1. The molecule has 0 aromatic carbocycles. The van der Waals surface area contributed by atoms with Crippen molar-refractivity contribution in [2.75, 3.05) is 19.0 Å². The molecule has 0 aliphatic heterocycles. The molecule has 0 unspecified atom stereocenters. The van der Waals surface area contributed by atoms with Gasteiger partial charge in [-0.25, -0.2) is 13.1 Å². The van der Waals surface area contributed by atoms with Gasteiger partial charge < -0.3 is 9.84 Å². The van der Waals surface area contributed by atoms with Crippen LogP contribution in [-0.4, -0.2) is 44.6 Å². The van der Waals surface area contributed by atoms with E-state index in [0.717, 1.165) is 0 Å². The molecule has 2 N–H and O–H groups in total. The van der Waals surface area contributed by atoms with Crippen LogP contribution in [0.2, 0.25) is 0 Å². The molecule has 0 aromatic heterocycles. The Balaban J connectivity index is 3.96. The highest BCUT2D eigenvalue weighted by Crippen LogP contribution is 1.95. The van der Waals surface area contributed by atoms with Gasteiger partial charge in [0.1, 0.15) is 0 Å². The van der Waals surface area contributed by atoms with E-state index < -0.39 is 16.1 Å². The summed E-state index contributed by atoms with van der Waals surface area (Å²) in [5, 5.41) is 8.84. The highest BCUT2D eigenvalue weighted by Gasteiger charge is 2.15. The van der Waals surface area contributed by atoms with Gasteiger partial charge in [-0.3, -0.25) is 0 Å². The van der Waals surface area contributed by atoms with E-state index in [2.05, 4.69) is 4.72 Å². The van der Waals surface area contributed by atoms with Gasteiger partial charge in [0.2, 0.25) is 10.0 Å². The van der Waals surface area contributed by atoms with Crippen LogP contribution >= 0.6 is 0 Å². The summed E-state index contributed by atoms with van der Waals surface area (Å²) in [5.74, 6) is -0.0678. The van der Waals surface area contributed by atoms with Gasteiger partial charge in [0.15, 0.2) is 0 Å². The molecule has 0 aromatic rings. The third-order valence-corrected chi connectivity index (χ3v) is 3.26. The van der Waals surface area contributed by atoms with Crippen LogP contribution in [0.5, 0.6) is 0 Å². The molecule has 15 heavy (non-hydrogen) atoms. The van der Waals surface area contributed by atoms with Gasteiger partial charge in [0.25, 0.3) is 0 Å². The number of sulfonamides is 1. The molecule has 1 atom stereocenters. The lowest BCUT2D eigenvalue weighted by Crippen LogP contribution is -2.39. The Bertz CT molecular complexity index is 247. The number of ether oxygens (including phenoxy) is 1. The lowest BCUT2D eigenvalue weighted by molar-refractivity contribution is 0.0910. The van der Waals surface area contributed by atoms with E-state index in [1.165, 1.54) is 0 Å². The first-order chi connectivity index (χ1) is 6.91. The summed E-state index contributed by atoms with van der Waals surface area (Å²) in [6, 6.07) is -0.394. The fourth-order valence-electron chi connectivity index (χ4n) is 0.956. The topological polar surface area (TPSA) is 75.6 Å². The first kappa shape index (κ1) is 14.8. The molecular weight excluding hydrogens is 218 g/mol. The van der Waals surface area contributed by atoms with E-state index in [4.69, 9.17) is 9.84 Å². The number of aliphatic hydroxyl groups is 1. The van der Waals surface area contributed by atoms with E-state index in [0.29, 0.717) is 6.42 Å². The summed E-state index contributed by atoms with van der Waals surface area (Å²) in [5.41, 5.74) is 0. The molecule has 92 valence electrons. The molecule has 0 radical (unpaired) electrons. The molecule has 0 aliphatic rings. The Kier molecular flexibility index (Phi) is 7.08. The lowest BCUT2D eigenvalue weighted by Gasteiger charge is -2.14. The van der Waals surface area contributed by atoms with Gasteiger partial charge in [-0.1, -0.05) is 6.92 Å². The summed E-state index contributed by atoms with van der Waals surface area (Å²) in [7, 11) is -3.34. The SMILES string of the molecule is CC[C@@H](CO)NS(=O)(=O)CCOC(C)C. The molecule has 0 amide bonds. The largest absolute Gasteiger partial charge is 0.395 e. The summed E-state index contributed by atoms with van der Waals surface area (Å²) in [6.07, 6.45) is 0.598. The van der Waals surface area contributed by atoms with Crippen molar-refractivity contribution in [1.82, 2.24) is 4.72 Å². The zero-order valence-corrected chi connectivity index (χ0v) is 10.4. The Hall–Kier alpha value is -0.170. The summed E-state index contributed by atoms with van der Waals surface area (Å²) in [4.78, 5) is 0. The van der Waals surface area contributed by atoms with Crippen LogP contribution in [-0.2, 0) is 14.8 Å². The molecule has 0 heterocycles. The highest BCUT2D eigenvalue weighted by atomic mass is 32.2. The van der Waals surface area contributed by atoms with Crippen molar-refractivity contribution < 1.29 is 18.3 Å². The number of nitrogens with one attached hydrogen (secondary N) is 1.